The number of rotatable bonds is 4. The number of hydrogen-bond donors (Lipinski definition) is 1. The van der Waals surface area contributed by atoms with Gasteiger partial charge in [0.05, 0.1) is 5.69 Å². The number of hydrogen-bond acceptors (Lipinski definition) is 3. The Hall–Kier alpha value is -2.65. The van der Waals surface area contributed by atoms with E-state index in [9.17, 15) is 0 Å². The van der Waals surface area contributed by atoms with Gasteiger partial charge in [0, 0.05) is 24.8 Å². The molecule has 0 bridgehead atoms. The van der Waals surface area contributed by atoms with E-state index in [1.54, 1.807) is 0 Å². The predicted molar refractivity (Wildman–Crippen MR) is 91.0 cm³/mol. The van der Waals surface area contributed by atoms with Crippen LogP contribution < -0.4 is 10.1 Å². The minimum atomic E-state index is 0.586. The summed E-state index contributed by atoms with van der Waals surface area (Å²) < 4.78 is 5.83. The van der Waals surface area contributed by atoms with Gasteiger partial charge in [0.15, 0.2) is 0 Å². The number of nitrogens with one attached hydrogen (secondary N) is 1. The second kappa shape index (κ2) is 6.23. The number of aromatic nitrogens is 1. The standard InChI is InChI=1S/C20H18N2O/c1-2-4-15(5-3-1)14-23-19-8-6-16(7-9-19)20-10-17-11-21-12-18(17)13-22-20/h1-10,13,21H,11-12,14H2. The summed E-state index contributed by atoms with van der Waals surface area (Å²) in [5, 5.41) is 3.35. The minimum Gasteiger partial charge on any atom is -0.489 e. The fourth-order valence-corrected chi connectivity index (χ4v) is 2.80. The van der Waals surface area contributed by atoms with Gasteiger partial charge in [-0.2, -0.15) is 0 Å². The Morgan fingerprint density at radius 3 is 2.52 bits per heavy atom. The first kappa shape index (κ1) is 14.0. The highest BCUT2D eigenvalue weighted by Crippen LogP contribution is 2.24. The summed E-state index contributed by atoms with van der Waals surface area (Å²) >= 11 is 0. The molecule has 1 aliphatic rings. The third-order valence-corrected chi connectivity index (χ3v) is 4.11. The molecule has 0 aliphatic carbocycles. The molecule has 1 aliphatic heterocycles. The summed E-state index contributed by atoms with van der Waals surface area (Å²) in [5.41, 5.74) is 5.95. The SMILES string of the molecule is c1ccc(COc2ccc(-c3cc4c(cn3)CNC4)cc2)cc1. The summed E-state index contributed by atoms with van der Waals surface area (Å²) in [6, 6.07) is 20.5. The average Bonchev–Trinajstić information content (AvgIpc) is 3.09. The van der Waals surface area contributed by atoms with Gasteiger partial charge in [-0.1, -0.05) is 30.3 Å². The van der Waals surface area contributed by atoms with Crippen LogP contribution in [0.4, 0.5) is 0 Å². The van der Waals surface area contributed by atoms with Gasteiger partial charge in [-0.05, 0) is 47.0 Å². The summed E-state index contributed by atoms with van der Waals surface area (Å²) in [6.07, 6.45) is 1.98. The Bertz CT molecular complexity index is 798. The van der Waals surface area contributed by atoms with Crippen LogP contribution in [-0.4, -0.2) is 4.98 Å². The smallest absolute Gasteiger partial charge is 0.119 e. The fourth-order valence-electron chi connectivity index (χ4n) is 2.80. The Balaban J connectivity index is 1.47. The van der Waals surface area contributed by atoms with Crippen LogP contribution in [0.15, 0.2) is 66.9 Å². The van der Waals surface area contributed by atoms with Crippen molar-refractivity contribution in [1.82, 2.24) is 10.3 Å². The van der Waals surface area contributed by atoms with Crippen molar-refractivity contribution in [2.45, 2.75) is 19.7 Å². The van der Waals surface area contributed by atoms with Gasteiger partial charge < -0.3 is 10.1 Å². The third kappa shape index (κ3) is 3.10. The second-order valence-corrected chi connectivity index (χ2v) is 5.74. The van der Waals surface area contributed by atoms with Crippen LogP contribution in [0.1, 0.15) is 16.7 Å². The lowest BCUT2D eigenvalue weighted by molar-refractivity contribution is 0.306. The van der Waals surface area contributed by atoms with Crippen LogP contribution in [-0.2, 0) is 19.7 Å². The average molecular weight is 302 g/mol. The van der Waals surface area contributed by atoms with Crippen molar-refractivity contribution in [3.05, 3.63) is 83.6 Å². The zero-order valence-electron chi connectivity index (χ0n) is 12.8. The van der Waals surface area contributed by atoms with Gasteiger partial charge in [0.1, 0.15) is 12.4 Å². The Morgan fingerprint density at radius 2 is 1.70 bits per heavy atom. The number of benzene rings is 2. The van der Waals surface area contributed by atoms with Crippen LogP contribution >= 0.6 is 0 Å². The number of nitrogens with zero attached hydrogens (tertiary/aromatic N) is 1. The van der Waals surface area contributed by atoms with Gasteiger partial charge in [0.2, 0.25) is 0 Å². The van der Waals surface area contributed by atoms with E-state index in [0.717, 1.165) is 30.1 Å². The highest BCUT2D eigenvalue weighted by atomic mass is 16.5. The first-order valence-corrected chi connectivity index (χ1v) is 7.84. The van der Waals surface area contributed by atoms with Crippen molar-refractivity contribution in [3.8, 4) is 17.0 Å². The summed E-state index contributed by atoms with van der Waals surface area (Å²) in [7, 11) is 0. The molecule has 0 unspecified atom stereocenters. The van der Waals surface area contributed by atoms with Crippen molar-refractivity contribution in [2.75, 3.05) is 0 Å². The number of fused-ring (bicyclic) bond motifs is 1. The quantitative estimate of drug-likeness (QED) is 0.793. The first-order valence-electron chi connectivity index (χ1n) is 7.84. The molecule has 0 saturated carbocycles. The topological polar surface area (TPSA) is 34.1 Å². The van der Waals surface area contributed by atoms with Crippen molar-refractivity contribution in [2.24, 2.45) is 0 Å². The Morgan fingerprint density at radius 1 is 0.913 bits per heavy atom. The van der Waals surface area contributed by atoms with Gasteiger partial charge in [0.25, 0.3) is 0 Å². The number of ether oxygens (including phenoxy) is 1. The summed E-state index contributed by atoms with van der Waals surface area (Å²) in [6.45, 7) is 2.45. The molecule has 3 nitrogen and oxygen atoms in total. The molecule has 1 N–H and O–H groups in total. The zero-order chi connectivity index (χ0) is 15.5. The van der Waals surface area contributed by atoms with Crippen LogP contribution in [0.3, 0.4) is 0 Å². The fraction of sp³-hybridized carbons (Fsp3) is 0.150. The maximum absolute atomic E-state index is 5.83. The van der Waals surface area contributed by atoms with Gasteiger partial charge in [-0.15, -0.1) is 0 Å². The highest BCUT2D eigenvalue weighted by Gasteiger charge is 2.11. The van der Waals surface area contributed by atoms with Crippen molar-refractivity contribution >= 4 is 0 Å². The first-order chi connectivity index (χ1) is 11.4. The van der Waals surface area contributed by atoms with Crippen molar-refractivity contribution < 1.29 is 4.74 Å². The molecule has 2 aromatic carbocycles. The third-order valence-electron chi connectivity index (χ3n) is 4.11. The van der Waals surface area contributed by atoms with Crippen LogP contribution in [0.25, 0.3) is 11.3 Å². The summed E-state index contributed by atoms with van der Waals surface area (Å²) in [5.74, 6) is 0.875. The van der Waals surface area contributed by atoms with Crippen LogP contribution in [0, 0.1) is 0 Å². The van der Waals surface area contributed by atoms with Gasteiger partial charge in [-0.3, -0.25) is 4.98 Å². The zero-order valence-corrected chi connectivity index (χ0v) is 12.8. The molecule has 0 spiro atoms. The van der Waals surface area contributed by atoms with Crippen molar-refractivity contribution in [3.63, 3.8) is 0 Å². The molecule has 114 valence electrons. The van der Waals surface area contributed by atoms with E-state index in [1.165, 1.54) is 16.7 Å². The van der Waals surface area contributed by atoms with Gasteiger partial charge >= 0.3 is 0 Å². The molecule has 3 heteroatoms. The molecule has 0 atom stereocenters. The molecule has 4 rings (SSSR count). The van der Waals surface area contributed by atoms with E-state index >= 15 is 0 Å². The van der Waals surface area contributed by atoms with Crippen molar-refractivity contribution in [1.29, 1.82) is 0 Å². The lowest BCUT2D eigenvalue weighted by Gasteiger charge is -2.08. The largest absolute Gasteiger partial charge is 0.489 e. The molecule has 0 amide bonds. The molecule has 3 aromatic rings. The molecular formula is C20H18N2O. The van der Waals surface area contributed by atoms with Crippen LogP contribution in [0.2, 0.25) is 0 Å². The normalized spacial score (nSPS) is 12.9. The lowest BCUT2D eigenvalue weighted by atomic mass is 10.1. The van der Waals surface area contributed by atoms with E-state index in [1.807, 2.05) is 36.5 Å². The molecule has 0 radical (unpaired) electrons. The number of pyridine rings is 1. The molecular weight excluding hydrogens is 284 g/mol. The van der Waals surface area contributed by atoms with E-state index in [4.69, 9.17) is 4.74 Å². The van der Waals surface area contributed by atoms with Gasteiger partial charge in [-0.25, -0.2) is 0 Å². The van der Waals surface area contributed by atoms with E-state index < -0.39 is 0 Å². The second-order valence-electron chi connectivity index (χ2n) is 5.74. The molecule has 0 fully saturated rings. The molecule has 23 heavy (non-hydrogen) atoms. The summed E-state index contributed by atoms with van der Waals surface area (Å²) in [4.78, 5) is 4.56. The maximum Gasteiger partial charge on any atom is 0.119 e. The maximum atomic E-state index is 5.83. The molecule has 2 heterocycles. The lowest BCUT2D eigenvalue weighted by Crippen LogP contribution is -1.99. The molecule has 0 saturated heterocycles. The predicted octanol–water partition coefficient (Wildman–Crippen LogP) is 3.93. The molecule has 1 aromatic heterocycles. The Labute approximate surface area is 136 Å². The monoisotopic (exact) mass is 302 g/mol. The minimum absolute atomic E-state index is 0.586. The van der Waals surface area contributed by atoms with E-state index in [0.29, 0.717) is 6.61 Å². The van der Waals surface area contributed by atoms with E-state index in [2.05, 4.69) is 40.6 Å². The van der Waals surface area contributed by atoms with E-state index in [-0.39, 0.29) is 0 Å². The highest BCUT2D eigenvalue weighted by molar-refractivity contribution is 5.61. The Kier molecular flexibility index (Phi) is 3.78. The van der Waals surface area contributed by atoms with Crippen LogP contribution in [0.5, 0.6) is 5.75 Å².